The molecule has 1 nitrogen and oxygen atoms in total. The highest BCUT2D eigenvalue weighted by molar-refractivity contribution is 9.11. The molecule has 2 aromatic rings. The lowest BCUT2D eigenvalue weighted by Crippen LogP contribution is -2.08. The molecule has 0 aromatic heterocycles. The van der Waals surface area contributed by atoms with Crippen molar-refractivity contribution >= 4 is 65.1 Å². The van der Waals surface area contributed by atoms with Crippen molar-refractivity contribution in [1.82, 2.24) is 0 Å². The molecule has 0 amide bonds. The molecule has 0 bridgehead atoms. The summed E-state index contributed by atoms with van der Waals surface area (Å²) >= 11 is 16.8. The summed E-state index contributed by atoms with van der Waals surface area (Å²) in [4.78, 5) is 0. The first kappa shape index (κ1) is 14.9. The molecule has 0 heterocycles. The summed E-state index contributed by atoms with van der Waals surface area (Å²) < 4.78 is 3.13. The van der Waals surface area contributed by atoms with Gasteiger partial charge in [-0.05, 0) is 80.1 Å². The van der Waals surface area contributed by atoms with Gasteiger partial charge in [0.05, 0.1) is 11.7 Å². The predicted molar refractivity (Wildman–Crippen MR) is 95.7 cm³/mol. The number of benzene rings is 2. The third-order valence-electron chi connectivity index (χ3n) is 3.51. The van der Waals surface area contributed by atoms with Gasteiger partial charge < -0.3 is 5.32 Å². The van der Waals surface area contributed by atoms with E-state index in [9.17, 15) is 0 Å². The summed E-state index contributed by atoms with van der Waals surface area (Å²) in [6.07, 6.45) is 2.16. The van der Waals surface area contributed by atoms with Gasteiger partial charge >= 0.3 is 0 Å². The lowest BCUT2D eigenvalue weighted by molar-refractivity contribution is 0.761. The summed E-state index contributed by atoms with van der Waals surface area (Å²) in [5.74, 6) is 0. The average Bonchev–Trinajstić information content (AvgIpc) is 2.76. The third-order valence-corrected chi connectivity index (χ3v) is 5.45. The minimum absolute atomic E-state index is 0.330. The van der Waals surface area contributed by atoms with Crippen LogP contribution in [0.3, 0.4) is 0 Å². The molecular formula is C15H11Br3ClN. The van der Waals surface area contributed by atoms with Crippen LogP contribution in [0.15, 0.2) is 43.7 Å². The van der Waals surface area contributed by atoms with Crippen molar-refractivity contribution in [3.63, 3.8) is 0 Å². The molecule has 1 aliphatic rings. The van der Waals surface area contributed by atoms with E-state index in [0.29, 0.717) is 6.04 Å². The van der Waals surface area contributed by atoms with Crippen molar-refractivity contribution in [3.8, 4) is 0 Å². The Morgan fingerprint density at radius 2 is 1.75 bits per heavy atom. The van der Waals surface area contributed by atoms with Gasteiger partial charge in [-0.3, -0.25) is 0 Å². The van der Waals surface area contributed by atoms with Crippen molar-refractivity contribution in [2.45, 2.75) is 18.9 Å². The second kappa shape index (κ2) is 5.99. The van der Waals surface area contributed by atoms with E-state index in [0.717, 1.165) is 37.0 Å². The second-order valence-electron chi connectivity index (χ2n) is 4.82. The summed E-state index contributed by atoms with van der Waals surface area (Å²) in [6, 6.07) is 10.6. The fraction of sp³-hybridized carbons (Fsp3) is 0.200. The van der Waals surface area contributed by atoms with Gasteiger partial charge in [0.1, 0.15) is 0 Å². The molecule has 1 atom stereocenters. The Labute approximate surface area is 148 Å². The Hall–Kier alpha value is -0.0300. The number of nitrogens with one attached hydrogen (secondary N) is 1. The molecule has 104 valence electrons. The van der Waals surface area contributed by atoms with Crippen molar-refractivity contribution in [1.29, 1.82) is 0 Å². The summed E-state index contributed by atoms with van der Waals surface area (Å²) in [5, 5.41) is 4.44. The quantitative estimate of drug-likeness (QED) is 0.503. The molecule has 1 unspecified atom stereocenters. The zero-order valence-corrected chi connectivity index (χ0v) is 15.9. The van der Waals surface area contributed by atoms with Crippen LogP contribution in [0.25, 0.3) is 0 Å². The Morgan fingerprint density at radius 3 is 2.45 bits per heavy atom. The lowest BCUT2D eigenvalue weighted by Gasteiger charge is -2.18. The SMILES string of the molecule is Clc1ccc2c(c1)CCC2Nc1c(Br)cc(Br)cc1Br. The fourth-order valence-electron chi connectivity index (χ4n) is 2.59. The van der Waals surface area contributed by atoms with E-state index >= 15 is 0 Å². The van der Waals surface area contributed by atoms with E-state index in [2.05, 4.69) is 65.2 Å². The smallest absolute Gasteiger partial charge is 0.0634 e. The summed E-state index contributed by atoms with van der Waals surface area (Å²) in [5.41, 5.74) is 3.77. The first-order valence-electron chi connectivity index (χ1n) is 6.24. The standard InChI is InChI=1S/C15H11Br3ClN/c16-9-6-12(17)15(13(18)7-9)20-14-4-1-8-5-10(19)2-3-11(8)14/h2-3,5-7,14,20H,1,4H2. The lowest BCUT2D eigenvalue weighted by atomic mass is 10.1. The Bertz CT molecular complexity index is 649. The zero-order chi connectivity index (χ0) is 14.3. The third kappa shape index (κ3) is 2.94. The average molecular weight is 480 g/mol. The number of anilines is 1. The Kier molecular flexibility index (Phi) is 4.46. The van der Waals surface area contributed by atoms with E-state index < -0.39 is 0 Å². The Balaban J connectivity index is 1.91. The number of halogens is 4. The fourth-order valence-corrected chi connectivity index (χ4v) is 5.27. The highest BCUT2D eigenvalue weighted by Crippen LogP contribution is 2.40. The number of hydrogen-bond donors (Lipinski definition) is 1. The molecular weight excluding hydrogens is 469 g/mol. The van der Waals surface area contributed by atoms with Crippen LogP contribution in [0, 0.1) is 0 Å². The largest absolute Gasteiger partial charge is 0.376 e. The molecule has 0 spiro atoms. The predicted octanol–water partition coefficient (Wildman–Crippen LogP) is 6.73. The van der Waals surface area contributed by atoms with E-state index in [-0.39, 0.29) is 0 Å². The highest BCUT2D eigenvalue weighted by atomic mass is 79.9. The summed E-state index contributed by atoms with van der Waals surface area (Å²) in [6.45, 7) is 0. The van der Waals surface area contributed by atoms with Crippen LogP contribution < -0.4 is 5.32 Å². The molecule has 0 fully saturated rings. The zero-order valence-electron chi connectivity index (χ0n) is 10.4. The van der Waals surface area contributed by atoms with E-state index in [1.807, 2.05) is 18.2 Å². The van der Waals surface area contributed by atoms with Crippen LogP contribution in [-0.4, -0.2) is 0 Å². The van der Waals surface area contributed by atoms with Crippen LogP contribution in [0.5, 0.6) is 0 Å². The molecule has 1 N–H and O–H groups in total. The van der Waals surface area contributed by atoms with Gasteiger partial charge in [-0.1, -0.05) is 33.6 Å². The monoisotopic (exact) mass is 477 g/mol. The molecule has 0 radical (unpaired) electrons. The maximum atomic E-state index is 6.06. The van der Waals surface area contributed by atoms with Crippen LogP contribution in [-0.2, 0) is 6.42 Å². The van der Waals surface area contributed by atoms with E-state index in [4.69, 9.17) is 11.6 Å². The van der Waals surface area contributed by atoms with Crippen LogP contribution in [0.4, 0.5) is 5.69 Å². The first-order chi connectivity index (χ1) is 9.54. The molecule has 1 aliphatic carbocycles. The summed E-state index contributed by atoms with van der Waals surface area (Å²) in [7, 11) is 0. The van der Waals surface area contributed by atoms with Crippen molar-refractivity contribution < 1.29 is 0 Å². The molecule has 3 rings (SSSR count). The van der Waals surface area contributed by atoms with Crippen molar-refractivity contribution in [3.05, 3.63) is 59.9 Å². The van der Waals surface area contributed by atoms with Gasteiger partial charge in [-0.15, -0.1) is 0 Å². The molecule has 0 aliphatic heterocycles. The molecule has 5 heteroatoms. The maximum absolute atomic E-state index is 6.06. The van der Waals surface area contributed by atoms with Crippen LogP contribution in [0.2, 0.25) is 5.02 Å². The van der Waals surface area contributed by atoms with Gasteiger partial charge in [-0.25, -0.2) is 0 Å². The van der Waals surface area contributed by atoms with Gasteiger partial charge in [0, 0.05) is 18.4 Å². The number of rotatable bonds is 2. The maximum Gasteiger partial charge on any atom is 0.0634 e. The Morgan fingerprint density at radius 1 is 1.05 bits per heavy atom. The van der Waals surface area contributed by atoms with E-state index in [1.54, 1.807) is 0 Å². The number of hydrogen-bond acceptors (Lipinski definition) is 1. The first-order valence-corrected chi connectivity index (χ1v) is 8.99. The molecule has 0 saturated carbocycles. The number of fused-ring (bicyclic) bond motifs is 1. The second-order valence-corrected chi connectivity index (χ2v) is 7.88. The van der Waals surface area contributed by atoms with Crippen molar-refractivity contribution in [2.75, 3.05) is 5.32 Å². The molecule has 2 aromatic carbocycles. The van der Waals surface area contributed by atoms with Gasteiger partial charge in [-0.2, -0.15) is 0 Å². The molecule has 20 heavy (non-hydrogen) atoms. The van der Waals surface area contributed by atoms with Gasteiger partial charge in [0.25, 0.3) is 0 Å². The minimum atomic E-state index is 0.330. The van der Waals surface area contributed by atoms with Gasteiger partial charge in [0.2, 0.25) is 0 Å². The van der Waals surface area contributed by atoms with Crippen LogP contribution >= 0.6 is 59.4 Å². The topological polar surface area (TPSA) is 12.0 Å². The normalized spacial score (nSPS) is 17.1. The highest BCUT2D eigenvalue weighted by Gasteiger charge is 2.23. The molecule has 0 saturated heterocycles. The number of aryl methyl sites for hydroxylation is 1. The van der Waals surface area contributed by atoms with Gasteiger partial charge in [0.15, 0.2) is 0 Å². The minimum Gasteiger partial charge on any atom is -0.376 e. The van der Waals surface area contributed by atoms with E-state index in [1.165, 1.54) is 11.1 Å². The van der Waals surface area contributed by atoms with Crippen molar-refractivity contribution in [2.24, 2.45) is 0 Å². The van der Waals surface area contributed by atoms with Crippen LogP contribution in [0.1, 0.15) is 23.6 Å².